The Morgan fingerprint density at radius 3 is 2.45 bits per heavy atom. The van der Waals surface area contributed by atoms with Crippen LogP contribution in [0.3, 0.4) is 0 Å². The molecule has 1 aromatic heterocycles. The van der Waals surface area contributed by atoms with Crippen molar-refractivity contribution in [3.8, 4) is 16.9 Å². The summed E-state index contributed by atoms with van der Waals surface area (Å²) in [5, 5.41) is 8.79. The van der Waals surface area contributed by atoms with Gasteiger partial charge in [-0.1, -0.05) is 46.6 Å². The lowest BCUT2D eigenvalue weighted by Gasteiger charge is -2.10. The second-order valence-corrected chi connectivity index (χ2v) is 5.59. The molecule has 0 radical (unpaired) electrons. The lowest BCUT2D eigenvalue weighted by atomic mass is 10.1. The van der Waals surface area contributed by atoms with Crippen LogP contribution in [0, 0.1) is 13.8 Å². The van der Waals surface area contributed by atoms with Gasteiger partial charge in [0.25, 0.3) is 0 Å². The molecule has 0 bridgehead atoms. The van der Waals surface area contributed by atoms with Crippen molar-refractivity contribution >= 4 is 17.9 Å². The first-order valence-electron chi connectivity index (χ1n) is 6.84. The van der Waals surface area contributed by atoms with E-state index in [1.54, 1.807) is 10.7 Å². The smallest absolute Gasteiger partial charge is 0.172 e. The third-order valence-electron chi connectivity index (χ3n) is 3.52. The average molecular weight is 312 g/mol. The number of carbonyl (C=O) groups excluding carboxylic acids is 1. The average Bonchev–Trinajstić information content (AvgIpc) is 2.92. The Bertz CT molecular complexity index is 838. The monoisotopic (exact) mass is 311 g/mol. The minimum Gasteiger partial charge on any atom is -0.296 e. The standard InChI is InChI=1S/C17H14ClN3O/c1-11-3-5-13(6-4-11)17-15(10-22)19-20-21(17)16-8-7-14(18)9-12(16)2/h3-10H,1-2H3. The van der Waals surface area contributed by atoms with E-state index in [1.807, 2.05) is 50.2 Å². The number of aldehydes is 1. The zero-order chi connectivity index (χ0) is 15.7. The van der Waals surface area contributed by atoms with Crippen molar-refractivity contribution in [2.45, 2.75) is 13.8 Å². The van der Waals surface area contributed by atoms with Crippen molar-refractivity contribution in [3.63, 3.8) is 0 Å². The Hall–Kier alpha value is -2.46. The van der Waals surface area contributed by atoms with Gasteiger partial charge in [-0.25, -0.2) is 4.68 Å². The molecule has 110 valence electrons. The third-order valence-corrected chi connectivity index (χ3v) is 3.76. The van der Waals surface area contributed by atoms with Crippen LogP contribution >= 0.6 is 11.6 Å². The fourth-order valence-electron chi connectivity index (χ4n) is 2.38. The number of halogens is 1. The van der Waals surface area contributed by atoms with Crippen LogP contribution in [0.25, 0.3) is 16.9 Å². The van der Waals surface area contributed by atoms with Gasteiger partial charge in [0.2, 0.25) is 0 Å². The largest absolute Gasteiger partial charge is 0.296 e. The SMILES string of the molecule is Cc1ccc(-c2c(C=O)nnn2-c2ccc(Cl)cc2C)cc1. The molecule has 0 N–H and O–H groups in total. The van der Waals surface area contributed by atoms with Crippen molar-refractivity contribution < 1.29 is 4.79 Å². The molecule has 0 amide bonds. The zero-order valence-corrected chi connectivity index (χ0v) is 13.0. The third kappa shape index (κ3) is 2.53. The summed E-state index contributed by atoms with van der Waals surface area (Å²) in [6.07, 6.45) is 0.726. The van der Waals surface area contributed by atoms with Crippen LogP contribution in [0.1, 0.15) is 21.6 Å². The summed E-state index contributed by atoms with van der Waals surface area (Å²) in [6.45, 7) is 3.96. The van der Waals surface area contributed by atoms with Crippen LogP contribution in [0.5, 0.6) is 0 Å². The number of benzene rings is 2. The van der Waals surface area contributed by atoms with E-state index in [4.69, 9.17) is 11.6 Å². The second-order valence-electron chi connectivity index (χ2n) is 5.15. The first kappa shape index (κ1) is 14.5. The van der Waals surface area contributed by atoms with Gasteiger partial charge in [-0.05, 0) is 37.6 Å². The van der Waals surface area contributed by atoms with Gasteiger partial charge in [0.15, 0.2) is 12.0 Å². The van der Waals surface area contributed by atoms with E-state index >= 15 is 0 Å². The van der Waals surface area contributed by atoms with Gasteiger partial charge >= 0.3 is 0 Å². The fraction of sp³-hybridized carbons (Fsp3) is 0.118. The first-order chi connectivity index (χ1) is 10.6. The summed E-state index contributed by atoms with van der Waals surface area (Å²) < 4.78 is 1.68. The molecule has 0 spiro atoms. The van der Waals surface area contributed by atoms with Gasteiger partial charge in [0, 0.05) is 10.6 Å². The Kier molecular flexibility index (Phi) is 3.77. The van der Waals surface area contributed by atoms with Gasteiger partial charge in [0.05, 0.1) is 5.69 Å². The van der Waals surface area contributed by atoms with Gasteiger partial charge in [-0.3, -0.25) is 4.79 Å². The number of aryl methyl sites for hydroxylation is 2. The Labute approximate surface area is 133 Å². The summed E-state index contributed by atoms with van der Waals surface area (Å²) in [4.78, 5) is 11.3. The van der Waals surface area contributed by atoms with Crippen LogP contribution in [0.4, 0.5) is 0 Å². The lowest BCUT2D eigenvalue weighted by molar-refractivity contribution is 0.111. The summed E-state index contributed by atoms with van der Waals surface area (Å²) in [7, 11) is 0. The quantitative estimate of drug-likeness (QED) is 0.686. The Morgan fingerprint density at radius 2 is 1.82 bits per heavy atom. The van der Waals surface area contributed by atoms with E-state index in [-0.39, 0.29) is 0 Å². The maximum atomic E-state index is 11.3. The molecule has 2 aromatic carbocycles. The minimum atomic E-state index is 0.318. The molecule has 1 heterocycles. The molecule has 3 rings (SSSR count). The fourth-order valence-corrected chi connectivity index (χ4v) is 2.61. The molecule has 3 aromatic rings. The van der Waals surface area contributed by atoms with Crippen LogP contribution in [-0.4, -0.2) is 21.3 Å². The van der Waals surface area contributed by atoms with Crippen molar-refractivity contribution in [2.75, 3.05) is 0 Å². The highest BCUT2D eigenvalue weighted by molar-refractivity contribution is 6.30. The number of hydrogen-bond donors (Lipinski definition) is 0. The number of carbonyl (C=O) groups is 1. The molecule has 0 atom stereocenters. The van der Waals surface area contributed by atoms with Crippen LogP contribution < -0.4 is 0 Å². The molecule has 0 aliphatic carbocycles. The zero-order valence-electron chi connectivity index (χ0n) is 12.2. The number of rotatable bonds is 3. The highest BCUT2D eigenvalue weighted by Gasteiger charge is 2.17. The van der Waals surface area contributed by atoms with Crippen molar-refractivity contribution in [1.82, 2.24) is 15.0 Å². The van der Waals surface area contributed by atoms with E-state index in [0.29, 0.717) is 16.4 Å². The van der Waals surface area contributed by atoms with Crippen molar-refractivity contribution in [3.05, 3.63) is 64.3 Å². The normalized spacial score (nSPS) is 10.7. The predicted octanol–water partition coefficient (Wildman–Crippen LogP) is 4.02. The maximum absolute atomic E-state index is 11.3. The molecule has 0 saturated heterocycles. The molecule has 0 saturated carbocycles. The van der Waals surface area contributed by atoms with Crippen LogP contribution in [0.15, 0.2) is 42.5 Å². The predicted molar refractivity (Wildman–Crippen MR) is 86.7 cm³/mol. The van der Waals surface area contributed by atoms with Gasteiger partial charge in [-0.2, -0.15) is 0 Å². The van der Waals surface area contributed by atoms with Crippen molar-refractivity contribution in [1.29, 1.82) is 0 Å². The Balaban J connectivity index is 2.23. The molecular weight excluding hydrogens is 298 g/mol. The highest BCUT2D eigenvalue weighted by Crippen LogP contribution is 2.27. The topological polar surface area (TPSA) is 47.8 Å². The molecule has 4 nitrogen and oxygen atoms in total. The molecule has 0 aliphatic heterocycles. The second kappa shape index (κ2) is 5.73. The lowest BCUT2D eigenvalue weighted by Crippen LogP contribution is -2.02. The van der Waals surface area contributed by atoms with Crippen molar-refractivity contribution in [2.24, 2.45) is 0 Å². The number of nitrogens with zero attached hydrogens (tertiary/aromatic N) is 3. The summed E-state index contributed by atoms with van der Waals surface area (Å²) in [5.41, 5.74) is 4.85. The van der Waals surface area contributed by atoms with Gasteiger partial charge in [0.1, 0.15) is 5.69 Å². The van der Waals surface area contributed by atoms with E-state index in [0.717, 1.165) is 28.7 Å². The molecule has 0 aliphatic rings. The molecule has 22 heavy (non-hydrogen) atoms. The molecule has 0 unspecified atom stereocenters. The van der Waals surface area contributed by atoms with Crippen LogP contribution in [0.2, 0.25) is 5.02 Å². The van der Waals surface area contributed by atoms with Crippen LogP contribution in [-0.2, 0) is 0 Å². The van der Waals surface area contributed by atoms with E-state index in [1.165, 1.54) is 0 Å². The first-order valence-corrected chi connectivity index (χ1v) is 7.22. The summed E-state index contributed by atoms with van der Waals surface area (Å²) in [5.74, 6) is 0. The minimum absolute atomic E-state index is 0.318. The van der Waals surface area contributed by atoms with E-state index in [9.17, 15) is 4.79 Å². The molecule has 0 fully saturated rings. The maximum Gasteiger partial charge on any atom is 0.172 e. The summed E-state index contributed by atoms with van der Waals surface area (Å²) in [6, 6.07) is 13.4. The summed E-state index contributed by atoms with van der Waals surface area (Å²) >= 11 is 6.01. The molecule has 5 heteroatoms. The van der Waals surface area contributed by atoms with Gasteiger partial charge in [-0.15, -0.1) is 5.10 Å². The number of aromatic nitrogens is 3. The number of hydrogen-bond acceptors (Lipinski definition) is 3. The van der Waals surface area contributed by atoms with E-state index < -0.39 is 0 Å². The van der Waals surface area contributed by atoms with E-state index in [2.05, 4.69) is 10.3 Å². The molecular formula is C17H14ClN3O. The Morgan fingerprint density at radius 1 is 1.09 bits per heavy atom. The highest BCUT2D eigenvalue weighted by atomic mass is 35.5. The van der Waals surface area contributed by atoms with Gasteiger partial charge < -0.3 is 0 Å².